The van der Waals surface area contributed by atoms with E-state index < -0.39 is 0 Å². The van der Waals surface area contributed by atoms with Crippen molar-refractivity contribution in [3.8, 4) is 22.3 Å². The van der Waals surface area contributed by atoms with E-state index in [1.54, 1.807) is 0 Å². The van der Waals surface area contributed by atoms with Crippen LogP contribution in [0.25, 0.3) is 43.8 Å². The van der Waals surface area contributed by atoms with E-state index in [1.165, 1.54) is 91.7 Å². The molecule has 6 rings (SSSR count). The molecule has 0 aliphatic rings. The number of aryl methyl sites for hydroxylation is 4. The van der Waals surface area contributed by atoms with E-state index in [9.17, 15) is 0 Å². The standard InChI is InChI=1S/2C20H21.C3H6.2ClH.Zr/c2*1-3-6-16-13-18-7-5-8-19(20(18)14-16)17-11-9-15(4-2)10-12-17;1-3-2;;;/h2*5,7-14H,3-4,6H2,1-2H3;1-3H2;2*1H;/q2*-1;-2;;;+2/p-2. The largest absolute Gasteiger partial charge is 2.00 e. The zero-order valence-corrected chi connectivity index (χ0v) is 32.0. The summed E-state index contributed by atoms with van der Waals surface area (Å²) in [6, 6.07) is 40.6. The van der Waals surface area contributed by atoms with Gasteiger partial charge in [-0.15, -0.1) is 69.1 Å². The first-order valence-electron chi connectivity index (χ1n) is 16.2. The molecule has 0 nitrogen and oxygen atoms in total. The van der Waals surface area contributed by atoms with Gasteiger partial charge in [0.1, 0.15) is 0 Å². The monoisotopic (exact) mass is 724 g/mol. The van der Waals surface area contributed by atoms with Gasteiger partial charge in [0.25, 0.3) is 0 Å². The van der Waals surface area contributed by atoms with Crippen molar-refractivity contribution in [1.82, 2.24) is 0 Å². The molecule has 0 amide bonds. The van der Waals surface area contributed by atoms with Crippen LogP contribution in [0.1, 0.15) is 69.2 Å². The van der Waals surface area contributed by atoms with E-state index in [0.717, 1.165) is 19.3 Å². The van der Waals surface area contributed by atoms with Gasteiger partial charge in [0.15, 0.2) is 0 Å². The third-order valence-corrected chi connectivity index (χ3v) is 8.04. The Bertz CT molecular complexity index is 1560. The van der Waals surface area contributed by atoms with Crippen molar-refractivity contribution in [2.75, 3.05) is 0 Å². The fourth-order valence-corrected chi connectivity index (χ4v) is 5.80. The van der Waals surface area contributed by atoms with Crippen LogP contribution >= 0.6 is 0 Å². The maximum absolute atomic E-state index is 3.38. The maximum Gasteiger partial charge on any atom is 2.00 e. The van der Waals surface area contributed by atoms with Crippen LogP contribution in [-0.4, -0.2) is 0 Å². The van der Waals surface area contributed by atoms with E-state index in [0.29, 0.717) is 0 Å². The Morgan fingerprint density at radius 1 is 0.522 bits per heavy atom. The van der Waals surface area contributed by atoms with Gasteiger partial charge in [-0.2, -0.15) is 12.1 Å². The molecule has 0 aliphatic carbocycles. The third-order valence-electron chi connectivity index (χ3n) is 8.04. The van der Waals surface area contributed by atoms with Gasteiger partial charge in [-0.3, -0.25) is 0 Å². The Labute approximate surface area is 310 Å². The molecule has 242 valence electrons. The summed E-state index contributed by atoms with van der Waals surface area (Å²) in [5.41, 5.74) is 11.1. The van der Waals surface area contributed by atoms with Crippen LogP contribution < -0.4 is 24.8 Å². The van der Waals surface area contributed by atoms with Crippen LogP contribution in [0.5, 0.6) is 0 Å². The second-order valence-corrected chi connectivity index (χ2v) is 11.3. The summed E-state index contributed by atoms with van der Waals surface area (Å²) in [7, 11) is 0. The first-order valence-corrected chi connectivity index (χ1v) is 16.2. The van der Waals surface area contributed by atoms with Crippen LogP contribution in [0.4, 0.5) is 0 Å². The topological polar surface area (TPSA) is 0 Å². The number of halogens is 2. The first kappa shape index (κ1) is 41.6. The minimum absolute atomic E-state index is 0. The second kappa shape index (κ2) is 21.4. The van der Waals surface area contributed by atoms with Crippen LogP contribution in [-0.2, 0) is 51.9 Å². The molecule has 6 aromatic rings. The Hall–Kier alpha value is -2.44. The van der Waals surface area contributed by atoms with Gasteiger partial charge in [-0.05, 0) is 47.9 Å². The molecule has 46 heavy (non-hydrogen) atoms. The summed E-state index contributed by atoms with van der Waals surface area (Å²) in [5, 5.41) is 5.51. The van der Waals surface area contributed by atoms with E-state index in [-0.39, 0.29) is 51.0 Å². The summed E-state index contributed by atoms with van der Waals surface area (Å²) in [5.74, 6) is 0. The molecule has 0 saturated carbocycles. The zero-order chi connectivity index (χ0) is 30.6. The number of benzene rings is 4. The van der Waals surface area contributed by atoms with Gasteiger partial charge < -0.3 is 45.1 Å². The minimum Gasteiger partial charge on any atom is -1.00 e. The molecule has 3 heteroatoms. The van der Waals surface area contributed by atoms with Gasteiger partial charge >= 0.3 is 26.2 Å². The molecule has 0 saturated heterocycles. The molecule has 0 N–H and O–H groups in total. The molecule has 0 fully saturated rings. The normalized spacial score (nSPS) is 10.0. The Morgan fingerprint density at radius 2 is 0.870 bits per heavy atom. The van der Waals surface area contributed by atoms with Crippen LogP contribution in [0.15, 0.2) is 109 Å². The van der Waals surface area contributed by atoms with Crippen molar-refractivity contribution < 1.29 is 51.0 Å². The van der Waals surface area contributed by atoms with Crippen LogP contribution in [0.3, 0.4) is 0 Å². The summed E-state index contributed by atoms with van der Waals surface area (Å²) in [6.45, 7) is 15.6. The molecular weight excluding hydrogens is 679 g/mol. The van der Waals surface area contributed by atoms with E-state index in [2.05, 4.69) is 151 Å². The van der Waals surface area contributed by atoms with Gasteiger partial charge in [0.2, 0.25) is 0 Å². The molecule has 0 aromatic heterocycles. The molecule has 0 atom stereocenters. The summed E-state index contributed by atoms with van der Waals surface area (Å²) < 4.78 is 0. The van der Waals surface area contributed by atoms with Crippen molar-refractivity contribution in [1.29, 1.82) is 0 Å². The summed E-state index contributed by atoms with van der Waals surface area (Å²) in [4.78, 5) is 0. The SMILES string of the molecule is CCCc1cc2c(-c3ccc(CC)cc3)cccc2[cH-]1.CCCc1cc2c(-c3ccc(CC)cc3)cccc2[cH-]1.[CH2-]C[CH2-].[Cl-].[Cl-].[Zr+2]. The molecule has 0 heterocycles. The molecule has 0 aliphatic heterocycles. The predicted molar refractivity (Wildman–Crippen MR) is 192 cm³/mol. The molecule has 0 radical (unpaired) electrons. The number of hydrogen-bond acceptors (Lipinski definition) is 0. The fraction of sp³-hybridized carbons (Fsp3) is 0.256. The first-order chi connectivity index (χ1) is 21.0. The summed E-state index contributed by atoms with van der Waals surface area (Å²) in [6.07, 6.45) is 7.70. The number of hydrogen-bond donors (Lipinski definition) is 0. The van der Waals surface area contributed by atoms with Gasteiger partial charge in [0, 0.05) is 0 Å². The zero-order valence-electron chi connectivity index (χ0n) is 28.0. The minimum atomic E-state index is 0. The molecule has 0 spiro atoms. The Morgan fingerprint density at radius 3 is 1.17 bits per heavy atom. The molecule has 0 unspecified atom stereocenters. The van der Waals surface area contributed by atoms with Crippen molar-refractivity contribution in [2.45, 2.75) is 72.6 Å². The Balaban J connectivity index is 0.000000400. The molecular formula is C43H48Cl2Zr-4. The quantitative estimate of drug-likeness (QED) is 0.157. The maximum atomic E-state index is 3.38. The van der Waals surface area contributed by atoms with E-state index >= 15 is 0 Å². The number of rotatable bonds is 8. The van der Waals surface area contributed by atoms with E-state index in [1.807, 2.05) is 0 Å². The van der Waals surface area contributed by atoms with Crippen molar-refractivity contribution in [2.24, 2.45) is 0 Å². The van der Waals surface area contributed by atoms with E-state index in [4.69, 9.17) is 0 Å². The van der Waals surface area contributed by atoms with Gasteiger partial charge in [-0.1, -0.05) is 112 Å². The summed E-state index contributed by atoms with van der Waals surface area (Å²) >= 11 is 0. The smallest absolute Gasteiger partial charge is 1.00 e. The van der Waals surface area contributed by atoms with Crippen LogP contribution in [0, 0.1) is 13.8 Å². The van der Waals surface area contributed by atoms with Gasteiger partial charge in [0.05, 0.1) is 0 Å². The van der Waals surface area contributed by atoms with Crippen molar-refractivity contribution >= 4 is 21.5 Å². The van der Waals surface area contributed by atoms with Gasteiger partial charge in [-0.25, -0.2) is 0 Å². The predicted octanol–water partition coefficient (Wildman–Crippen LogP) is 6.53. The van der Waals surface area contributed by atoms with Crippen molar-refractivity contribution in [3.05, 3.63) is 145 Å². The number of fused-ring (bicyclic) bond motifs is 2. The second-order valence-electron chi connectivity index (χ2n) is 11.3. The van der Waals surface area contributed by atoms with Crippen LogP contribution in [0.2, 0.25) is 0 Å². The third kappa shape index (κ3) is 10.8. The average Bonchev–Trinajstić information content (AvgIpc) is 3.65. The molecule has 6 aromatic carbocycles. The molecule has 0 bridgehead atoms. The average molecular weight is 727 g/mol. The van der Waals surface area contributed by atoms with Crippen molar-refractivity contribution in [3.63, 3.8) is 0 Å². The fourth-order valence-electron chi connectivity index (χ4n) is 5.80. The Kier molecular flexibility index (Phi) is 19.4.